The largest absolute Gasteiger partial charge is 0.489 e. The highest BCUT2D eigenvalue weighted by Crippen LogP contribution is 2.37. The first-order valence-electron chi connectivity index (χ1n) is 10.5. The molecule has 4 aromatic rings. The van der Waals surface area contributed by atoms with Crippen LogP contribution in [0.15, 0.2) is 79.1 Å². The Hall–Kier alpha value is -4.46. The summed E-state index contributed by atoms with van der Waals surface area (Å²) in [7, 11) is 1.67. The number of benzene rings is 2. The van der Waals surface area contributed by atoms with Crippen LogP contribution in [0.1, 0.15) is 17.9 Å². The number of carbonyl (C=O) groups is 2. The molecular formula is C26H25N5O3. The molecule has 34 heavy (non-hydrogen) atoms. The number of rotatable bonds is 4. The van der Waals surface area contributed by atoms with E-state index in [-0.39, 0.29) is 25.6 Å². The Labute approximate surface area is 197 Å². The highest BCUT2D eigenvalue weighted by Gasteiger charge is 2.32. The molecule has 1 aliphatic heterocycles. The molecule has 3 heterocycles. The number of anilines is 3. The smallest absolute Gasteiger partial charge is 0.270 e. The number of aromatic nitrogens is 2. The van der Waals surface area contributed by atoms with Crippen molar-refractivity contribution in [2.24, 2.45) is 0 Å². The zero-order chi connectivity index (χ0) is 22.8. The number of hydrogen-bond acceptors (Lipinski definition) is 6. The second-order valence-corrected chi connectivity index (χ2v) is 7.64. The lowest BCUT2D eigenvalue weighted by Crippen LogP contribution is -2.49. The Morgan fingerprint density at radius 3 is 2.65 bits per heavy atom. The number of fused-ring (bicyclic) bond motifs is 3. The van der Waals surface area contributed by atoms with Gasteiger partial charge in [-0.15, -0.1) is 0 Å². The van der Waals surface area contributed by atoms with Crippen molar-refractivity contribution in [1.29, 1.82) is 0 Å². The maximum Gasteiger partial charge on any atom is 0.270 e. The quantitative estimate of drug-likeness (QED) is 0.480. The molecule has 0 saturated heterocycles. The Morgan fingerprint density at radius 2 is 1.82 bits per heavy atom. The lowest BCUT2D eigenvalue weighted by molar-refractivity contribution is -0.120. The monoisotopic (exact) mass is 455 g/mol. The molecule has 0 unspecified atom stereocenters. The summed E-state index contributed by atoms with van der Waals surface area (Å²) in [6.45, 7) is 0.00956. The normalized spacial score (nSPS) is 14.9. The molecule has 0 fully saturated rings. The van der Waals surface area contributed by atoms with E-state index >= 15 is 0 Å². The van der Waals surface area contributed by atoms with Gasteiger partial charge in [-0.3, -0.25) is 19.6 Å². The van der Waals surface area contributed by atoms with Crippen molar-refractivity contribution in [3.05, 3.63) is 84.8 Å². The summed E-state index contributed by atoms with van der Waals surface area (Å²) in [5.74, 6) is -0.174. The molecule has 0 saturated carbocycles. The van der Waals surface area contributed by atoms with Crippen LogP contribution in [-0.2, 0) is 4.79 Å². The van der Waals surface area contributed by atoms with Gasteiger partial charge in [0, 0.05) is 36.2 Å². The molecule has 2 aromatic carbocycles. The summed E-state index contributed by atoms with van der Waals surface area (Å²) in [5.41, 5.74) is 3.20. The van der Waals surface area contributed by atoms with Crippen LogP contribution in [0.5, 0.6) is 5.75 Å². The Balaban J connectivity index is 0.00000274. The minimum absolute atomic E-state index is 0. The van der Waals surface area contributed by atoms with Crippen molar-refractivity contribution >= 4 is 39.8 Å². The average Bonchev–Trinajstić information content (AvgIpc) is 2.97. The molecule has 2 N–H and O–H groups in total. The van der Waals surface area contributed by atoms with Gasteiger partial charge in [0.2, 0.25) is 0 Å². The molecule has 0 bridgehead atoms. The van der Waals surface area contributed by atoms with Crippen LogP contribution in [-0.4, -0.2) is 41.5 Å². The molecule has 5 rings (SSSR count). The summed E-state index contributed by atoms with van der Waals surface area (Å²) in [6, 6.07) is 19.5. The van der Waals surface area contributed by atoms with Gasteiger partial charge in [-0.1, -0.05) is 25.6 Å². The van der Waals surface area contributed by atoms with Crippen molar-refractivity contribution in [2.75, 3.05) is 23.9 Å². The number of pyridine rings is 2. The van der Waals surface area contributed by atoms with Crippen LogP contribution in [0, 0.1) is 0 Å². The molecule has 8 nitrogen and oxygen atoms in total. The highest BCUT2D eigenvalue weighted by molar-refractivity contribution is 6.08. The number of carbonyl (C=O) groups excluding carboxylic acids is 2. The van der Waals surface area contributed by atoms with E-state index in [2.05, 4.69) is 20.6 Å². The van der Waals surface area contributed by atoms with Crippen LogP contribution >= 0.6 is 0 Å². The number of amides is 2. The van der Waals surface area contributed by atoms with E-state index in [1.165, 1.54) is 4.90 Å². The van der Waals surface area contributed by atoms with E-state index in [4.69, 9.17) is 4.74 Å². The fourth-order valence-electron chi connectivity index (χ4n) is 3.82. The van der Waals surface area contributed by atoms with Gasteiger partial charge in [0.15, 0.2) is 0 Å². The number of nitrogens with one attached hydrogen (secondary N) is 2. The average molecular weight is 456 g/mol. The number of para-hydroxylation sites is 1. The van der Waals surface area contributed by atoms with Gasteiger partial charge in [-0.25, -0.2) is 0 Å². The summed E-state index contributed by atoms with van der Waals surface area (Å²) >= 11 is 0. The van der Waals surface area contributed by atoms with E-state index < -0.39 is 11.9 Å². The second-order valence-electron chi connectivity index (χ2n) is 7.64. The Bertz CT molecular complexity index is 1340. The van der Waals surface area contributed by atoms with Gasteiger partial charge in [0.05, 0.1) is 11.2 Å². The van der Waals surface area contributed by atoms with Crippen LogP contribution in [0.3, 0.4) is 0 Å². The molecule has 1 atom stereocenters. The maximum absolute atomic E-state index is 13.2. The maximum atomic E-state index is 13.2. The van der Waals surface area contributed by atoms with Crippen molar-refractivity contribution in [3.8, 4) is 5.75 Å². The number of likely N-dealkylation sites (N-methyl/N-ethyl adjacent to an activating group) is 1. The SMILES string of the molecule is C.CN1C(=O)[C@@H](NC(=O)c2cc(Nc3ccccc3)ccn2)COc2ccc3ncccc3c21. The zero-order valence-corrected chi connectivity index (χ0v) is 17.9. The van der Waals surface area contributed by atoms with Gasteiger partial charge in [-0.2, -0.15) is 0 Å². The highest BCUT2D eigenvalue weighted by atomic mass is 16.5. The molecule has 172 valence electrons. The third kappa shape index (κ3) is 4.38. The fraction of sp³-hybridized carbons (Fsp3) is 0.154. The fourth-order valence-corrected chi connectivity index (χ4v) is 3.82. The standard InChI is InChI=1S/C25H21N5O3.CH4/c1-30-23-18-8-5-12-26-19(18)9-10-22(23)33-15-21(25(30)32)29-24(31)20-14-17(11-13-27-20)28-16-6-3-2-4-7-16;/h2-14,21H,15H2,1H3,(H,27,28)(H,29,31);1H4/t21-;/m0./s1. The van der Waals surface area contributed by atoms with Crippen molar-refractivity contribution in [2.45, 2.75) is 13.5 Å². The van der Waals surface area contributed by atoms with Gasteiger partial charge in [-0.05, 0) is 48.5 Å². The third-order valence-electron chi connectivity index (χ3n) is 5.45. The van der Waals surface area contributed by atoms with Gasteiger partial charge in [0.1, 0.15) is 24.1 Å². The summed E-state index contributed by atoms with van der Waals surface area (Å²) < 4.78 is 5.91. The molecule has 2 aromatic heterocycles. The summed E-state index contributed by atoms with van der Waals surface area (Å²) in [5, 5.41) is 6.80. The van der Waals surface area contributed by atoms with Gasteiger partial charge in [0.25, 0.3) is 11.8 Å². The molecule has 1 aliphatic rings. The van der Waals surface area contributed by atoms with E-state index in [9.17, 15) is 9.59 Å². The van der Waals surface area contributed by atoms with Crippen LogP contribution < -0.4 is 20.3 Å². The lowest BCUT2D eigenvalue weighted by Gasteiger charge is -2.21. The lowest BCUT2D eigenvalue weighted by atomic mass is 10.1. The second kappa shape index (κ2) is 9.58. The molecule has 8 heteroatoms. The van der Waals surface area contributed by atoms with E-state index in [1.54, 1.807) is 37.6 Å². The molecule has 0 spiro atoms. The van der Waals surface area contributed by atoms with Crippen LogP contribution in [0.4, 0.5) is 17.1 Å². The third-order valence-corrected chi connectivity index (χ3v) is 5.45. The zero-order valence-electron chi connectivity index (χ0n) is 17.9. The predicted octanol–water partition coefficient (Wildman–Crippen LogP) is 4.16. The van der Waals surface area contributed by atoms with Crippen molar-refractivity contribution in [1.82, 2.24) is 15.3 Å². The number of hydrogen-bond donors (Lipinski definition) is 2. The topological polar surface area (TPSA) is 96.5 Å². The van der Waals surface area contributed by atoms with Crippen LogP contribution in [0.2, 0.25) is 0 Å². The Morgan fingerprint density at radius 1 is 1.00 bits per heavy atom. The van der Waals surface area contributed by atoms with Crippen molar-refractivity contribution < 1.29 is 14.3 Å². The van der Waals surface area contributed by atoms with Gasteiger partial charge >= 0.3 is 0 Å². The van der Waals surface area contributed by atoms with E-state index in [0.29, 0.717) is 17.1 Å². The first-order chi connectivity index (χ1) is 16.1. The summed E-state index contributed by atoms with van der Waals surface area (Å²) in [4.78, 5) is 36.2. The Kier molecular flexibility index (Phi) is 6.40. The first-order valence-corrected chi connectivity index (χ1v) is 10.5. The van der Waals surface area contributed by atoms with Crippen molar-refractivity contribution in [3.63, 3.8) is 0 Å². The number of ether oxygens (including phenoxy) is 1. The molecule has 0 radical (unpaired) electrons. The minimum Gasteiger partial charge on any atom is -0.489 e. The molecular weight excluding hydrogens is 430 g/mol. The number of nitrogens with zero attached hydrogens (tertiary/aromatic N) is 3. The molecule has 2 amide bonds. The van der Waals surface area contributed by atoms with E-state index in [1.807, 2.05) is 48.5 Å². The minimum atomic E-state index is -0.867. The van der Waals surface area contributed by atoms with Crippen LogP contribution in [0.25, 0.3) is 10.9 Å². The van der Waals surface area contributed by atoms with E-state index in [0.717, 1.165) is 16.6 Å². The summed E-state index contributed by atoms with van der Waals surface area (Å²) in [6.07, 6.45) is 3.25. The first kappa shape index (κ1) is 22.7. The molecule has 0 aliphatic carbocycles. The predicted molar refractivity (Wildman–Crippen MR) is 133 cm³/mol. The van der Waals surface area contributed by atoms with Gasteiger partial charge < -0.3 is 20.3 Å².